The van der Waals surface area contributed by atoms with Crippen LogP contribution >= 0.6 is 0 Å². The molecule has 13 rings (SSSR count). The van der Waals surface area contributed by atoms with Gasteiger partial charge >= 0.3 is 0 Å². The quantitative estimate of drug-likeness (QED) is 0.145. The van der Waals surface area contributed by atoms with E-state index >= 15 is 0 Å². The van der Waals surface area contributed by atoms with E-state index in [0.717, 1.165) is 111 Å². The molecule has 0 aliphatic rings. The van der Waals surface area contributed by atoms with Crippen molar-refractivity contribution in [2.45, 2.75) is 0 Å². The highest BCUT2D eigenvalue weighted by Crippen LogP contribution is 2.42. The van der Waals surface area contributed by atoms with Crippen molar-refractivity contribution in [3.63, 3.8) is 0 Å². The lowest BCUT2D eigenvalue weighted by atomic mass is 9.97. The summed E-state index contributed by atoms with van der Waals surface area (Å²) in [6.45, 7) is 0. The van der Waals surface area contributed by atoms with E-state index in [4.69, 9.17) is 8.83 Å². The number of rotatable bonds is 9. The Morgan fingerprint density at radius 1 is 0.217 bits per heavy atom. The Morgan fingerprint density at radius 2 is 0.565 bits per heavy atom. The van der Waals surface area contributed by atoms with Gasteiger partial charge in [-0.1, -0.05) is 194 Å². The fourth-order valence-electron chi connectivity index (χ4n) is 10.1. The molecule has 0 aliphatic carbocycles. The molecule has 0 saturated heterocycles. The molecule has 0 fully saturated rings. The van der Waals surface area contributed by atoms with Gasteiger partial charge < -0.3 is 13.7 Å². The summed E-state index contributed by atoms with van der Waals surface area (Å²) in [6, 6.07) is 93.1. The molecule has 11 aromatic carbocycles. The third-order valence-electron chi connectivity index (χ3n) is 13.5. The second-order valence-corrected chi connectivity index (χ2v) is 17.6. The summed E-state index contributed by atoms with van der Waals surface area (Å²) in [5.74, 6) is 0. The molecule has 2 heterocycles. The van der Waals surface area contributed by atoms with Gasteiger partial charge in [0.05, 0.1) is 0 Å². The van der Waals surface area contributed by atoms with Crippen molar-refractivity contribution in [1.82, 2.24) is 0 Å². The molecule has 0 unspecified atom stereocenters. The van der Waals surface area contributed by atoms with Crippen LogP contribution in [0.25, 0.3) is 111 Å². The molecule has 0 aliphatic heterocycles. The predicted molar refractivity (Wildman–Crippen MR) is 288 cm³/mol. The number of para-hydroxylation sites is 4. The van der Waals surface area contributed by atoms with Crippen molar-refractivity contribution in [2.75, 3.05) is 4.90 Å². The van der Waals surface area contributed by atoms with Gasteiger partial charge in [0, 0.05) is 49.7 Å². The van der Waals surface area contributed by atoms with E-state index in [0.29, 0.717) is 0 Å². The first-order chi connectivity index (χ1) is 34.2. The Labute approximate surface area is 400 Å². The Hall–Kier alpha value is -9.18. The molecule has 0 N–H and O–H groups in total. The molecular formula is C66H43NO2. The number of hydrogen-bond acceptors (Lipinski definition) is 3. The molecule has 13 aromatic rings. The number of anilines is 3. The number of benzene rings is 11. The fourth-order valence-corrected chi connectivity index (χ4v) is 10.1. The lowest BCUT2D eigenvalue weighted by Crippen LogP contribution is -2.10. The molecule has 324 valence electrons. The van der Waals surface area contributed by atoms with E-state index in [-0.39, 0.29) is 0 Å². The van der Waals surface area contributed by atoms with Gasteiger partial charge in [0.15, 0.2) is 0 Å². The number of fused-ring (bicyclic) bond motifs is 6. The van der Waals surface area contributed by atoms with Gasteiger partial charge in [0.25, 0.3) is 0 Å². The molecule has 0 saturated carbocycles. The van der Waals surface area contributed by atoms with Crippen molar-refractivity contribution in [1.29, 1.82) is 0 Å². The first-order valence-corrected chi connectivity index (χ1v) is 23.5. The summed E-state index contributed by atoms with van der Waals surface area (Å²) < 4.78 is 12.9. The summed E-state index contributed by atoms with van der Waals surface area (Å²) in [5.41, 5.74) is 20.5. The third kappa shape index (κ3) is 7.34. The molecule has 0 bridgehead atoms. The van der Waals surface area contributed by atoms with Gasteiger partial charge in [-0.15, -0.1) is 0 Å². The van der Waals surface area contributed by atoms with Crippen LogP contribution in [0.3, 0.4) is 0 Å². The third-order valence-corrected chi connectivity index (χ3v) is 13.5. The number of nitrogens with zero attached hydrogens (tertiary/aromatic N) is 1. The molecule has 0 spiro atoms. The van der Waals surface area contributed by atoms with Crippen molar-refractivity contribution >= 4 is 60.9 Å². The summed E-state index contributed by atoms with van der Waals surface area (Å²) in [6.07, 6.45) is 0. The van der Waals surface area contributed by atoms with Gasteiger partial charge in [0.1, 0.15) is 22.3 Å². The summed E-state index contributed by atoms with van der Waals surface area (Å²) in [7, 11) is 0. The highest BCUT2D eigenvalue weighted by atomic mass is 16.3. The molecule has 69 heavy (non-hydrogen) atoms. The molecule has 2 aromatic heterocycles. The monoisotopic (exact) mass is 881 g/mol. The lowest BCUT2D eigenvalue weighted by Gasteiger charge is -2.26. The van der Waals surface area contributed by atoms with Crippen LogP contribution in [-0.2, 0) is 0 Å². The Morgan fingerprint density at radius 3 is 1.07 bits per heavy atom. The van der Waals surface area contributed by atoms with Gasteiger partial charge in [-0.05, 0) is 122 Å². The number of hydrogen-bond donors (Lipinski definition) is 0. The summed E-state index contributed by atoms with van der Waals surface area (Å²) in [4.78, 5) is 2.36. The second kappa shape index (κ2) is 16.9. The average Bonchev–Trinajstić information content (AvgIpc) is 4.01. The molecular weight excluding hydrogens is 839 g/mol. The Bertz CT molecular complexity index is 3810. The van der Waals surface area contributed by atoms with Crippen LogP contribution in [0.2, 0.25) is 0 Å². The van der Waals surface area contributed by atoms with E-state index in [1.807, 2.05) is 24.3 Å². The highest BCUT2D eigenvalue weighted by Gasteiger charge is 2.18. The fraction of sp³-hybridized carbons (Fsp3) is 0. The molecule has 3 heteroatoms. The minimum absolute atomic E-state index is 0.902. The predicted octanol–water partition coefficient (Wildman–Crippen LogP) is 19.0. The maximum absolute atomic E-state index is 6.44. The zero-order chi connectivity index (χ0) is 45.7. The maximum Gasteiger partial charge on any atom is 0.143 e. The van der Waals surface area contributed by atoms with Crippen molar-refractivity contribution < 1.29 is 8.83 Å². The standard InChI is InChI=1S/C66H43NO2/c1-2-14-44(15-3-1)47-16-8-19-50(40-47)51-20-11-23-56(43-51)67(54-36-32-45(33-37-54)48-17-9-21-52(41-48)57-26-12-28-61-59-24-4-6-30-63(59)68-65(57)61)55-38-34-46(35-39-55)49-18-10-22-53(42-49)58-27-13-29-62-60-25-5-7-31-64(60)69-66(58)62/h1-43H. The second-order valence-electron chi connectivity index (χ2n) is 17.6. The number of furan rings is 2. The van der Waals surface area contributed by atoms with Crippen LogP contribution in [0.4, 0.5) is 17.1 Å². The van der Waals surface area contributed by atoms with E-state index in [2.05, 4.69) is 241 Å². The Kier molecular flexibility index (Phi) is 9.84. The molecule has 0 radical (unpaired) electrons. The van der Waals surface area contributed by atoms with Crippen molar-refractivity contribution in [2.24, 2.45) is 0 Å². The SMILES string of the molecule is c1ccc(-c2cccc(-c3cccc(N(c4ccc(-c5cccc(-c6cccc7c6oc6ccccc67)c5)cc4)c4ccc(-c5cccc(-c6cccc7c6oc6ccccc67)c5)cc4)c3)c2)cc1. The molecule has 3 nitrogen and oxygen atoms in total. The molecule has 0 atom stereocenters. The zero-order valence-electron chi connectivity index (χ0n) is 37.6. The van der Waals surface area contributed by atoms with Crippen LogP contribution in [0.1, 0.15) is 0 Å². The average molecular weight is 882 g/mol. The minimum atomic E-state index is 0.902. The van der Waals surface area contributed by atoms with Crippen LogP contribution in [0.5, 0.6) is 0 Å². The normalized spacial score (nSPS) is 11.5. The topological polar surface area (TPSA) is 29.5 Å². The van der Waals surface area contributed by atoms with Gasteiger partial charge in [-0.3, -0.25) is 0 Å². The van der Waals surface area contributed by atoms with Crippen LogP contribution < -0.4 is 4.90 Å². The summed E-state index contributed by atoms with van der Waals surface area (Å²) in [5, 5.41) is 4.52. The smallest absolute Gasteiger partial charge is 0.143 e. The van der Waals surface area contributed by atoms with E-state index in [9.17, 15) is 0 Å². The van der Waals surface area contributed by atoms with Crippen LogP contribution in [0.15, 0.2) is 270 Å². The van der Waals surface area contributed by atoms with E-state index in [1.54, 1.807) is 0 Å². The first kappa shape index (κ1) is 40.1. The lowest BCUT2D eigenvalue weighted by molar-refractivity contribution is 0.669. The van der Waals surface area contributed by atoms with Crippen LogP contribution in [-0.4, -0.2) is 0 Å². The van der Waals surface area contributed by atoms with Crippen molar-refractivity contribution in [3.05, 3.63) is 261 Å². The molecule has 0 amide bonds. The van der Waals surface area contributed by atoms with Gasteiger partial charge in [-0.2, -0.15) is 0 Å². The van der Waals surface area contributed by atoms with Gasteiger partial charge in [0.2, 0.25) is 0 Å². The van der Waals surface area contributed by atoms with E-state index < -0.39 is 0 Å². The largest absolute Gasteiger partial charge is 0.455 e. The minimum Gasteiger partial charge on any atom is -0.455 e. The Balaban J connectivity index is 0.867. The van der Waals surface area contributed by atoms with Gasteiger partial charge in [-0.25, -0.2) is 0 Å². The summed E-state index contributed by atoms with van der Waals surface area (Å²) >= 11 is 0. The van der Waals surface area contributed by atoms with Crippen molar-refractivity contribution in [3.8, 4) is 66.8 Å². The van der Waals surface area contributed by atoms with E-state index in [1.165, 1.54) is 16.7 Å². The van der Waals surface area contributed by atoms with Crippen LogP contribution in [0, 0.1) is 0 Å². The maximum atomic E-state index is 6.44. The first-order valence-electron chi connectivity index (χ1n) is 23.5. The highest BCUT2D eigenvalue weighted by molar-refractivity contribution is 6.10. The zero-order valence-corrected chi connectivity index (χ0v) is 37.6.